The molecule has 0 amide bonds. The number of aryl methyl sites for hydroxylation is 1. The van der Waals surface area contributed by atoms with Gasteiger partial charge in [0.05, 0.1) is 12.8 Å². The Hall–Kier alpha value is -0.920. The molecule has 2 rings (SSSR count). The molecule has 1 aliphatic carbocycles. The van der Waals surface area contributed by atoms with Crippen molar-refractivity contribution in [2.75, 3.05) is 12.8 Å². The second kappa shape index (κ2) is 7.57. The molecule has 126 valence electrons. The van der Waals surface area contributed by atoms with Crippen molar-refractivity contribution in [1.82, 2.24) is 15.2 Å². The van der Waals surface area contributed by atoms with Crippen molar-refractivity contribution in [3.63, 3.8) is 0 Å². The first-order valence-electron chi connectivity index (χ1n) is 8.07. The molecule has 6 nitrogen and oxygen atoms in total. The molecule has 2 N–H and O–H groups in total. The van der Waals surface area contributed by atoms with E-state index in [2.05, 4.69) is 29.0 Å². The largest absolute Gasteiger partial charge is 0.361 e. The summed E-state index contributed by atoms with van der Waals surface area (Å²) in [7, 11) is -3.22. The van der Waals surface area contributed by atoms with Crippen molar-refractivity contribution >= 4 is 10.0 Å². The molecule has 1 aromatic rings. The summed E-state index contributed by atoms with van der Waals surface area (Å²) in [6.45, 7) is 5.69. The second-order valence-electron chi connectivity index (χ2n) is 6.15. The third-order valence-electron chi connectivity index (χ3n) is 4.47. The van der Waals surface area contributed by atoms with E-state index in [9.17, 15) is 8.42 Å². The lowest BCUT2D eigenvalue weighted by molar-refractivity contribution is 0.340. The van der Waals surface area contributed by atoms with Crippen molar-refractivity contribution in [3.05, 3.63) is 17.0 Å². The van der Waals surface area contributed by atoms with Crippen LogP contribution in [0.15, 0.2) is 4.52 Å². The van der Waals surface area contributed by atoms with Gasteiger partial charge in [0, 0.05) is 18.0 Å². The number of hydrogen-bond acceptors (Lipinski definition) is 5. The van der Waals surface area contributed by atoms with Crippen molar-refractivity contribution in [2.24, 2.45) is 5.92 Å². The number of nitrogens with one attached hydrogen (secondary N) is 2. The average molecular weight is 329 g/mol. The molecule has 7 heteroatoms. The van der Waals surface area contributed by atoms with Crippen molar-refractivity contribution < 1.29 is 12.9 Å². The third-order valence-corrected chi connectivity index (χ3v) is 5.14. The zero-order chi connectivity index (χ0) is 16.2. The van der Waals surface area contributed by atoms with Gasteiger partial charge < -0.3 is 9.84 Å². The normalized spacial score (nSPS) is 18.6. The first-order chi connectivity index (χ1) is 10.4. The van der Waals surface area contributed by atoms with Crippen LogP contribution < -0.4 is 10.0 Å². The van der Waals surface area contributed by atoms with Crippen LogP contribution in [0.4, 0.5) is 0 Å². The Morgan fingerprint density at radius 2 is 2.09 bits per heavy atom. The molecule has 1 aliphatic rings. The lowest BCUT2D eigenvalue weighted by Crippen LogP contribution is -2.37. The van der Waals surface area contributed by atoms with Crippen LogP contribution >= 0.6 is 0 Å². The number of rotatable bonds is 8. The maximum Gasteiger partial charge on any atom is 0.209 e. The van der Waals surface area contributed by atoms with Gasteiger partial charge in [0.15, 0.2) is 0 Å². The van der Waals surface area contributed by atoms with Crippen LogP contribution in [0.3, 0.4) is 0 Å². The van der Waals surface area contributed by atoms with Crippen LogP contribution in [0.2, 0.25) is 0 Å². The van der Waals surface area contributed by atoms with Gasteiger partial charge in [-0.2, -0.15) is 0 Å². The Balaban J connectivity index is 1.95. The summed E-state index contributed by atoms with van der Waals surface area (Å²) in [5.74, 6) is 1.63. The Bertz CT molecular complexity index is 579. The maximum absolute atomic E-state index is 11.2. The van der Waals surface area contributed by atoms with Crippen LogP contribution in [0, 0.1) is 5.92 Å². The molecule has 0 radical (unpaired) electrons. The van der Waals surface area contributed by atoms with E-state index in [0.717, 1.165) is 55.0 Å². The van der Waals surface area contributed by atoms with Crippen LogP contribution in [-0.4, -0.2) is 32.4 Å². The van der Waals surface area contributed by atoms with E-state index >= 15 is 0 Å². The minimum Gasteiger partial charge on any atom is -0.361 e. The van der Waals surface area contributed by atoms with Gasteiger partial charge >= 0.3 is 0 Å². The molecule has 1 unspecified atom stereocenters. The lowest BCUT2D eigenvalue weighted by Gasteiger charge is -2.25. The van der Waals surface area contributed by atoms with E-state index in [-0.39, 0.29) is 6.54 Å². The first-order valence-corrected chi connectivity index (χ1v) is 9.96. The molecular weight excluding hydrogens is 302 g/mol. The van der Waals surface area contributed by atoms with Gasteiger partial charge in [-0.3, -0.25) is 0 Å². The van der Waals surface area contributed by atoms with E-state index in [1.54, 1.807) is 0 Å². The van der Waals surface area contributed by atoms with Crippen molar-refractivity contribution in [1.29, 1.82) is 0 Å². The summed E-state index contributed by atoms with van der Waals surface area (Å²) in [5, 5.41) is 7.68. The minimum absolute atomic E-state index is 0.205. The van der Waals surface area contributed by atoms with E-state index < -0.39 is 10.0 Å². The van der Waals surface area contributed by atoms with Gasteiger partial charge in [0.2, 0.25) is 10.0 Å². The van der Waals surface area contributed by atoms with E-state index in [1.165, 1.54) is 12.8 Å². The molecule has 1 aromatic heterocycles. The predicted molar refractivity (Wildman–Crippen MR) is 86.1 cm³/mol. The molecule has 0 saturated carbocycles. The molecule has 22 heavy (non-hydrogen) atoms. The van der Waals surface area contributed by atoms with E-state index in [4.69, 9.17) is 4.52 Å². The predicted octanol–water partition coefficient (Wildman–Crippen LogP) is 1.61. The maximum atomic E-state index is 11.2. The smallest absolute Gasteiger partial charge is 0.209 e. The molecule has 1 heterocycles. The highest BCUT2D eigenvalue weighted by Gasteiger charge is 2.26. The van der Waals surface area contributed by atoms with Gasteiger partial charge in [0.25, 0.3) is 0 Å². The molecule has 0 aliphatic heterocycles. The van der Waals surface area contributed by atoms with Gasteiger partial charge in [-0.25, -0.2) is 13.1 Å². The number of fused-ring (bicyclic) bond motifs is 1. The molecular formula is C15H27N3O3S. The fourth-order valence-corrected chi connectivity index (χ4v) is 3.29. The fourth-order valence-electron chi connectivity index (χ4n) is 2.89. The SMILES string of the molecule is CCC(CC)CNC1CCc2onc(CNS(C)(=O)=O)c2C1. The van der Waals surface area contributed by atoms with Crippen LogP contribution in [0.25, 0.3) is 0 Å². The van der Waals surface area contributed by atoms with Crippen LogP contribution in [0.5, 0.6) is 0 Å². The van der Waals surface area contributed by atoms with Gasteiger partial charge in [0.1, 0.15) is 11.5 Å². The molecule has 0 spiro atoms. The molecule has 0 bridgehead atoms. The summed E-state index contributed by atoms with van der Waals surface area (Å²) >= 11 is 0. The van der Waals surface area contributed by atoms with Crippen molar-refractivity contribution in [3.8, 4) is 0 Å². The van der Waals surface area contributed by atoms with Crippen LogP contribution in [0.1, 0.15) is 50.1 Å². The zero-order valence-corrected chi connectivity index (χ0v) is 14.5. The molecule has 0 aromatic carbocycles. The number of nitrogens with zero attached hydrogens (tertiary/aromatic N) is 1. The highest BCUT2D eigenvalue weighted by atomic mass is 32.2. The topological polar surface area (TPSA) is 84.2 Å². The Labute approximate surface area is 133 Å². The average Bonchev–Trinajstić information content (AvgIpc) is 2.88. The standard InChI is InChI=1S/C15H27N3O3S/c1-4-11(5-2)9-16-12-6-7-15-13(8-12)14(18-21-15)10-17-22(3,19)20/h11-12,16-17H,4-10H2,1-3H3. The second-order valence-corrected chi connectivity index (χ2v) is 7.99. The van der Waals surface area contributed by atoms with Crippen LogP contribution in [-0.2, 0) is 29.4 Å². The van der Waals surface area contributed by atoms with Gasteiger partial charge in [-0.1, -0.05) is 31.8 Å². The fraction of sp³-hybridized carbons (Fsp3) is 0.800. The minimum atomic E-state index is -3.22. The monoisotopic (exact) mass is 329 g/mol. The number of hydrogen-bond donors (Lipinski definition) is 2. The third kappa shape index (κ3) is 4.79. The molecule has 0 fully saturated rings. The zero-order valence-electron chi connectivity index (χ0n) is 13.7. The van der Waals surface area contributed by atoms with Gasteiger partial charge in [-0.15, -0.1) is 0 Å². The molecule has 1 atom stereocenters. The lowest BCUT2D eigenvalue weighted by atomic mass is 9.91. The Kier molecular flexibility index (Phi) is 6.00. The summed E-state index contributed by atoms with van der Waals surface area (Å²) in [5.41, 5.74) is 1.79. The molecule has 0 saturated heterocycles. The summed E-state index contributed by atoms with van der Waals surface area (Å²) in [6, 6.07) is 0.421. The quantitative estimate of drug-likeness (QED) is 0.757. The first kappa shape index (κ1) is 17.4. The summed E-state index contributed by atoms with van der Waals surface area (Å²) in [4.78, 5) is 0. The number of aromatic nitrogens is 1. The summed E-state index contributed by atoms with van der Waals surface area (Å²) < 4.78 is 30.3. The number of sulfonamides is 1. The Morgan fingerprint density at radius 3 is 2.73 bits per heavy atom. The van der Waals surface area contributed by atoms with Crippen molar-refractivity contribution in [2.45, 2.75) is 58.5 Å². The highest BCUT2D eigenvalue weighted by Crippen LogP contribution is 2.25. The van der Waals surface area contributed by atoms with E-state index in [1.807, 2.05) is 0 Å². The summed E-state index contributed by atoms with van der Waals surface area (Å²) in [6.07, 6.45) is 6.30. The highest BCUT2D eigenvalue weighted by molar-refractivity contribution is 7.88. The Morgan fingerprint density at radius 1 is 1.36 bits per heavy atom. The van der Waals surface area contributed by atoms with E-state index in [0.29, 0.717) is 6.04 Å². The van der Waals surface area contributed by atoms with Gasteiger partial charge in [-0.05, 0) is 25.3 Å².